The predicted molar refractivity (Wildman–Crippen MR) is 79.5 cm³/mol. The van der Waals surface area contributed by atoms with Crippen molar-refractivity contribution in [3.05, 3.63) is 28.6 Å². The molecule has 0 aliphatic carbocycles. The molecular weight excluding hydrogens is 240 g/mol. The van der Waals surface area contributed by atoms with Gasteiger partial charge in [0.25, 0.3) is 5.56 Å². The fourth-order valence-corrected chi connectivity index (χ4v) is 2.13. The summed E-state index contributed by atoms with van der Waals surface area (Å²) in [6.45, 7) is 7.14. The number of nitrogen functional groups attached to an aromatic ring is 1. The van der Waals surface area contributed by atoms with Crippen molar-refractivity contribution in [1.82, 2.24) is 9.97 Å². The number of hydrogen-bond acceptors (Lipinski definition) is 4. The third-order valence-electron chi connectivity index (χ3n) is 3.08. The van der Waals surface area contributed by atoms with E-state index in [1.165, 1.54) is 0 Å². The van der Waals surface area contributed by atoms with Crippen molar-refractivity contribution in [2.45, 2.75) is 33.2 Å². The van der Waals surface area contributed by atoms with Gasteiger partial charge in [-0.3, -0.25) is 9.78 Å². The van der Waals surface area contributed by atoms with E-state index in [4.69, 9.17) is 5.73 Å². The lowest BCUT2D eigenvalue weighted by atomic mass is 10.2. The van der Waals surface area contributed by atoms with Crippen molar-refractivity contribution >= 4 is 22.5 Å². The first-order chi connectivity index (χ1) is 9.02. The predicted octanol–water partition coefficient (Wildman–Crippen LogP) is 2.13. The molecule has 1 aromatic carbocycles. The molecule has 0 fully saturated rings. The average Bonchev–Trinajstić information content (AvgIpc) is 2.36. The molecule has 2 aromatic rings. The molecule has 19 heavy (non-hydrogen) atoms. The van der Waals surface area contributed by atoms with Gasteiger partial charge in [0.2, 0.25) is 5.95 Å². The second kappa shape index (κ2) is 5.30. The summed E-state index contributed by atoms with van der Waals surface area (Å²) in [7, 11) is 0. The summed E-state index contributed by atoms with van der Waals surface area (Å²) in [6, 6.07) is 5.49. The van der Waals surface area contributed by atoms with Crippen LogP contribution < -0.4 is 16.2 Å². The van der Waals surface area contributed by atoms with Crippen molar-refractivity contribution in [2.75, 3.05) is 17.2 Å². The van der Waals surface area contributed by atoms with E-state index >= 15 is 0 Å². The van der Waals surface area contributed by atoms with Crippen LogP contribution in [0.25, 0.3) is 10.9 Å². The van der Waals surface area contributed by atoms with E-state index in [1.54, 1.807) is 18.2 Å². The highest BCUT2D eigenvalue weighted by molar-refractivity contribution is 5.81. The second-order valence-corrected chi connectivity index (χ2v) is 4.95. The highest BCUT2D eigenvalue weighted by atomic mass is 16.1. The third kappa shape index (κ3) is 2.70. The zero-order valence-corrected chi connectivity index (χ0v) is 11.6. The van der Waals surface area contributed by atoms with Gasteiger partial charge in [-0.1, -0.05) is 6.92 Å². The molecule has 0 unspecified atom stereocenters. The number of aromatic nitrogens is 2. The van der Waals surface area contributed by atoms with Gasteiger partial charge in [-0.25, -0.2) is 4.98 Å². The number of hydrogen-bond donors (Lipinski definition) is 2. The van der Waals surface area contributed by atoms with E-state index in [0.717, 1.165) is 13.0 Å². The number of nitrogens with one attached hydrogen (secondary N) is 1. The zero-order chi connectivity index (χ0) is 14.0. The standard InChI is InChI=1S/C14H20N4O/c1-4-7-18(9(2)3)14-16-12-6-5-10(15)8-11(12)13(19)17-14/h5-6,8-9H,4,7,15H2,1-3H3,(H,16,17,19). The molecule has 0 radical (unpaired) electrons. The van der Waals surface area contributed by atoms with Crippen molar-refractivity contribution in [3.8, 4) is 0 Å². The maximum absolute atomic E-state index is 12.1. The highest BCUT2D eigenvalue weighted by Crippen LogP contribution is 2.16. The molecule has 3 N–H and O–H groups in total. The summed E-state index contributed by atoms with van der Waals surface area (Å²) < 4.78 is 0. The molecule has 0 bridgehead atoms. The molecular formula is C14H20N4O. The van der Waals surface area contributed by atoms with E-state index in [0.29, 0.717) is 22.5 Å². The molecule has 102 valence electrons. The fraction of sp³-hybridized carbons (Fsp3) is 0.429. The van der Waals surface area contributed by atoms with Crippen LogP contribution in [0.15, 0.2) is 23.0 Å². The first-order valence-electron chi connectivity index (χ1n) is 6.59. The second-order valence-electron chi connectivity index (χ2n) is 4.95. The maximum Gasteiger partial charge on any atom is 0.260 e. The average molecular weight is 260 g/mol. The lowest BCUT2D eigenvalue weighted by molar-refractivity contribution is 0.652. The normalized spacial score (nSPS) is 11.2. The van der Waals surface area contributed by atoms with Gasteiger partial charge in [0.05, 0.1) is 10.9 Å². The molecule has 2 rings (SSSR count). The summed E-state index contributed by atoms with van der Waals surface area (Å²) in [6.07, 6.45) is 1.00. The lowest BCUT2D eigenvalue weighted by Gasteiger charge is -2.26. The quantitative estimate of drug-likeness (QED) is 0.826. The van der Waals surface area contributed by atoms with Crippen LogP contribution in [0.2, 0.25) is 0 Å². The number of anilines is 2. The number of fused-ring (bicyclic) bond motifs is 1. The van der Waals surface area contributed by atoms with Crippen LogP contribution in [0, 0.1) is 0 Å². The van der Waals surface area contributed by atoms with Crippen molar-refractivity contribution in [1.29, 1.82) is 0 Å². The molecule has 0 aliphatic heterocycles. The topological polar surface area (TPSA) is 75.0 Å². The molecule has 0 atom stereocenters. The van der Waals surface area contributed by atoms with Crippen LogP contribution in [0.3, 0.4) is 0 Å². The molecule has 0 saturated carbocycles. The zero-order valence-electron chi connectivity index (χ0n) is 11.6. The Kier molecular flexibility index (Phi) is 3.74. The van der Waals surface area contributed by atoms with Gasteiger partial charge in [-0.05, 0) is 38.5 Å². The Hall–Kier alpha value is -2.04. The van der Waals surface area contributed by atoms with Crippen molar-refractivity contribution in [3.63, 3.8) is 0 Å². The first kappa shape index (κ1) is 13.4. The largest absolute Gasteiger partial charge is 0.399 e. The summed E-state index contributed by atoms with van der Waals surface area (Å²) in [5.74, 6) is 0.624. The Morgan fingerprint density at radius 3 is 2.79 bits per heavy atom. The Morgan fingerprint density at radius 2 is 2.16 bits per heavy atom. The summed E-state index contributed by atoms with van der Waals surface area (Å²) in [5, 5.41) is 0.531. The number of rotatable bonds is 4. The minimum absolute atomic E-state index is 0.144. The summed E-state index contributed by atoms with van der Waals surface area (Å²) in [4.78, 5) is 21.6. The van der Waals surface area contributed by atoms with Crippen LogP contribution in [0.5, 0.6) is 0 Å². The Labute approximate surface area is 112 Å². The van der Waals surface area contributed by atoms with E-state index in [9.17, 15) is 4.79 Å². The van der Waals surface area contributed by atoms with E-state index in [2.05, 4.69) is 35.6 Å². The van der Waals surface area contributed by atoms with Crippen molar-refractivity contribution in [2.24, 2.45) is 0 Å². The molecule has 1 aromatic heterocycles. The Morgan fingerprint density at radius 1 is 1.42 bits per heavy atom. The van der Waals surface area contributed by atoms with Gasteiger partial charge >= 0.3 is 0 Å². The third-order valence-corrected chi connectivity index (χ3v) is 3.08. The minimum Gasteiger partial charge on any atom is -0.399 e. The maximum atomic E-state index is 12.1. The molecule has 0 saturated heterocycles. The van der Waals surface area contributed by atoms with Gasteiger partial charge in [0.15, 0.2) is 0 Å². The Bertz CT molecular complexity index is 633. The van der Waals surface area contributed by atoms with Crippen LogP contribution >= 0.6 is 0 Å². The minimum atomic E-state index is -0.144. The van der Waals surface area contributed by atoms with Crippen LogP contribution in [-0.4, -0.2) is 22.6 Å². The smallest absolute Gasteiger partial charge is 0.260 e. The number of H-pyrrole nitrogens is 1. The number of aromatic amines is 1. The van der Waals surface area contributed by atoms with E-state index in [1.807, 2.05) is 0 Å². The van der Waals surface area contributed by atoms with Gasteiger partial charge in [0, 0.05) is 18.3 Å². The fourth-order valence-electron chi connectivity index (χ4n) is 2.13. The van der Waals surface area contributed by atoms with Gasteiger partial charge < -0.3 is 10.6 Å². The van der Waals surface area contributed by atoms with Crippen molar-refractivity contribution < 1.29 is 0 Å². The number of nitrogens with two attached hydrogens (primary N) is 1. The van der Waals surface area contributed by atoms with Gasteiger partial charge in [-0.2, -0.15) is 0 Å². The molecule has 0 amide bonds. The number of nitrogens with zero attached hydrogens (tertiary/aromatic N) is 2. The lowest BCUT2D eigenvalue weighted by Crippen LogP contribution is -2.34. The molecule has 5 heteroatoms. The monoisotopic (exact) mass is 260 g/mol. The molecule has 5 nitrogen and oxygen atoms in total. The molecule has 0 spiro atoms. The van der Waals surface area contributed by atoms with Crippen LogP contribution in [-0.2, 0) is 0 Å². The molecule has 0 aliphatic rings. The number of benzene rings is 1. The van der Waals surface area contributed by atoms with Gasteiger partial charge in [-0.15, -0.1) is 0 Å². The van der Waals surface area contributed by atoms with Crippen LogP contribution in [0.1, 0.15) is 27.2 Å². The first-order valence-corrected chi connectivity index (χ1v) is 6.59. The summed E-state index contributed by atoms with van der Waals surface area (Å²) in [5.41, 5.74) is 6.80. The Balaban J connectivity index is 2.56. The molecule has 1 heterocycles. The van der Waals surface area contributed by atoms with Gasteiger partial charge in [0.1, 0.15) is 0 Å². The highest BCUT2D eigenvalue weighted by Gasteiger charge is 2.13. The van der Waals surface area contributed by atoms with E-state index < -0.39 is 0 Å². The SMILES string of the molecule is CCCN(c1nc2ccc(N)cc2c(=O)[nH]1)C(C)C. The van der Waals surface area contributed by atoms with E-state index in [-0.39, 0.29) is 11.6 Å². The summed E-state index contributed by atoms with van der Waals surface area (Å²) >= 11 is 0. The van der Waals surface area contributed by atoms with Crippen LogP contribution in [0.4, 0.5) is 11.6 Å².